The largest absolute Gasteiger partial charge is 0.385 e. The van der Waals surface area contributed by atoms with Gasteiger partial charge in [-0.3, -0.25) is 4.79 Å². The lowest BCUT2D eigenvalue weighted by Gasteiger charge is -2.28. The molecule has 0 unspecified atom stereocenters. The van der Waals surface area contributed by atoms with Crippen molar-refractivity contribution in [2.75, 3.05) is 18.6 Å². The van der Waals surface area contributed by atoms with E-state index in [1.54, 1.807) is 19.2 Å². The van der Waals surface area contributed by atoms with Gasteiger partial charge in [-0.1, -0.05) is 6.07 Å². The predicted octanol–water partition coefficient (Wildman–Crippen LogP) is 3.27. The van der Waals surface area contributed by atoms with Gasteiger partial charge in [0, 0.05) is 18.3 Å². The monoisotopic (exact) mass is 296 g/mol. The molecule has 1 aromatic rings. The third-order valence-electron chi connectivity index (χ3n) is 3.85. The van der Waals surface area contributed by atoms with Crippen molar-refractivity contribution >= 4 is 23.4 Å². The molecule has 20 heavy (non-hydrogen) atoms. The number of thioether (sulfide) groups is 1. The normalized spacial score (nSPS) is 22.4. The zero-order chi connectivity index (χ0) is 14.5. The second kappa shape index (κ2) is 6.97. The van der Waals surface area contributed by atoms with Crippen LogP contribution in [0.25, 0.3) is 0 Å². The smallest absolute Gasteiger partial charge is 0.253 e. The van der Waals surface area contributed by atoms with Crippen LogP contribution in [-0.2, 0) is 0 Å². The van der Waals surface area contributed by atoms with Gasteiger partial charge in [0.15, 0.2) is 0 Å². The first-order valence-electron chi connectivity index (χ1n) is 6.95. The summed E-state index contributed by atoms with van der Waals surface area (Å²) in [6.45, 7) is 0. The minimum atomic E-state index is -0.397. The van der Waals surface area contributed by atoms with Crippen LogP contribution < -0.4 is 10.6 Å². The zero-order valence-electron chi connectivity index (χ0n) is 11.9. The molecule has 110 valence electrons. The highest BCUT2D eigenvalue weighted by atomic mass is 32.2. The van der Waals surface area contributed by atoms with Crippen LogP contribution in [0.3, 0.4) is 0 Å². The molecule has 0 spiro atoms. The number of nitrogens with one attached hydrogen (secondary N) is 2. The summed E-state index contributed by atoms with van der Waals surface area (Å²) >= 11 is 1.90. The van der Waals surface area contributed by atoms with E-state index in [9.17, 15) is 9.18 Å². The number of hydrogen-bond acceptors (Lipinski definition) is 3. The molecule has 1 aliphatic carbocycles. The molecule has 3 nitrogen and oxygen atoms in total. The van der Waals surface area contributed by atoms with E-state index in [2.05, 4.69) is 16.9 Å². The van der Waals surface area contributed by atoms with Crippen molar-refractivity contribution in [3.8, 4) is 0 Å². The van der Waals surface area contributed by atoms with Crippen LogP contribution in [0.2, 0.25) is 0 Å². The van der Waals surface area contributed by atoms with E-state index >= 15 is 0 Å². The molecule has 0 aliphatic heterocycles. The summed E-state index contributed by atoms with van der Waals surface area (Å²) in [7, 11) is 1.62. The van der Waals surface area contributed by atoms with Crippen molar-refractivity contribution in [1.29, 1.82) is 0 Å². The molecule has 0 heterocycles. The summed E-state index contributed by atoms with van der Waals surface area (Å²) in [6, 6.07) is 4.78. The van der Waals surface area contributed by atoms with E-state index in [4.69, 9.17) is 0 Å². The van der Waals surface area contributed by atoms with Gasteiger partial charge in [-0.2, -0.15) is 11.8 Å². The van der Waals surface area contributed by atoms with E-state index in [1.807, 2.05) is 11.8 Å². The van der Waals surface area contributed by atoms with Gasteiger partial charge < -0.3 is 10.6 Å². The van der Waals surface area contributed by atoms with Gasteiger partial charge in [0.25, 0.3) is 5.91 Å². The Morgan fingerprint density at radius 3 is 2.60 bits per heavy atom. The molecule has 0 atom stereocenters. The maximum Gasteiger partial charge on any atom is 0.253 e. The molecule has 1 fully saturated rings. The molecular weight excluding hydrogens is 275 g/mol. The Morgan fingerprint density at radius 2 is 2.00 bits per heavy atom. The van der Waals surface area contributed by atoms with Gasteiger partial charge >= 0.3 is 0 Å². The summed E-state index contributed by atoms with van der Waals surface area (Å²) in [5, 5.41) is 6.50. The zero-order valence-corrected chi connectivity index (χ0v) is 12.7. The minimum Gasteiger partial charge on any atom is -0.385 e. The van der Waals surface area contributed by atoms with Crippen LogP contribution in [-0.4, -0.2) is 30.5 Å². The van der Waals surface area contributed by atoms with Crippen LogP contribution in [0, 0.1) is 5.82 Å². The molecule has 1 aromatic carbocycles. The standard InChI is InChI=1S/C15H21FN2OS/c1-17-14-12(4-3-5-13(14)16)15(19)18-10-6-8-11(20-2)9-7-10/h3-5,10-11,17H,6-9H2,1-2H3,(H,18,19). The van der Waals surface area contributed by atoms with Crippen LogP contribution in [0.5, 0.6) is 0 Å². The number of halogens is 1. The van der Waals surface area contributed by atoms with E-state index in [1.165, 1.54) is 6.07 Å². The fraction of sp³-hybridized carbons (Fsp3) is 0.533. The summed E-state index contributed by atoms with van der Waals surface area (Å²) < 4.78 is 13.6. The van der Waals surface area contributed by atoms with Gasteiger partial charge in [0.05, 0.1) is 11.3 Å². The number of anilines is 1. The number of carbonyl (C=O) groups is 1. The summed E-state index contributed by atoms with van der Waals surface area (Å²) in [5.74, 6) is -0.590. The Balaban J connectivity index is 2.01. The van der Waals surface area contributed by atoms with Crippen molar-refractivity contribution < 1.29 is 9.18 Å². The Kier molecular flexibility index (Phi) is 5.29. The first-order chi connectivity index (χ1) is 9.65. The Hall–Kier alpha value is -1.23. The lowest BCUT2D eigenvalue weighted by atomic mass is 9.94. The average Bonchev–Trinajstić information content (AvgIpc) is 2.47. The minimum absolute atomic E-state index is 0.193. The number of hydrogen-bond donors (Lipinski definition) is 2. The molecule has 1 saturated carbocycles. The van der Waals surface area contributed by atoms with Crippen molar-refractivity contribution in [3.63, 3.8) is 0 Å². The van der Waals surface area contributed by atoms with Gasteiger partial charge in [-0.05, 0) is 44.1 Å². The average molecular weight is 296 g/mol. The Labute approximate surface area is 123 Å². The van der Waals surface area contributed by atoms with Crippen molar-refractivity contribution in [2.45, 2.75) is 37.0 Å². The first-order valence-corrected chi connectivity index (χ1v) is 8.24. The summed E-state index contributed by atoms with van der Waals surface area (Å²) in [4.78, 5) is 12.3. The third-order valence-corrected chi connectivity index (χ3v) is 4.99. The fourth-order valence-electron chi connectivity index (χ4n) is 2.67. The number of para-hydroxylation sites is 1. The Morgan fingerprint density at radius 1 is 1.30 bits per heavy atom. The highest BCUT2D eigenvalue weighted by Crippen LogP contribution is 2.27. The molecule has 0 bridgehead atoms. The van der Waals surface area contributed by atoms with Gasteiger partial charge in [-0.25, -0.2) is 4.39 Å². The number of rotatable bonds is 4. The number of amides is 1. The van der Waals surface area contributed by atoms with Crippen LogP contribution in [0.15, 0.2) is 18.2 Å². The van der Waals surface area contributed by atoms with Gasteiger partial charge in [-0.15, -0.1) is 0 Å². The van der Waals surface area contributed by atoms with Crippen LogP contribution >= 0.6 is 11.8 Å². The molecule has 0 aromatic heterocycles. The molecular formula is C15H21FN2OS. The molecule has 2 rings (SSSR count). The molecule has 0 saturated heterocycles. The first kappa shape index (κ1) is 15.2. The van der Waals surface area contributed by atoms with E-state index < -0.39 is 5.82 Å². The van der Waals surface area contributed by atoms with Crippen molar-refractivity contribution in [3.05, 3.63) is 29.6 Å². The lowest BCUT2D eigenvalue weighted by Crippen LogP contribution is -2.38. The maximum atomic E-state index is 13.6. The van der Waals surface area contributed by atoms with Gasteiger partial charge in [0.2, 0.25) is 0 Å². The predicted molar refractivity (Wildman–Crippen MR) is 83.0 cm³/mol. The fourth-order valence-corrected chi connectivity index (χ4v) is 3.42. The third kappa shape index (κ3) is 3.45. The van der Waals surface area contributed by atoms with E-state index in [-0.39, 0.29) is 17.6 Å². The topological polar surface area (TPSA) is 41.1 Å². The van der Waals surface area contributed by atoms with Crippen molar-refractivity contribution in [2.24, 2.45) is 0 Å². The Bertz CT molecular complexity index is 473. The second-order valence-corrected chi connectivity index (χ2v) is 6.23. The second-order valence-electron chi connectivity index (χ2n) is 5.10. The summed E-state index contributed by atoms with van der Waals surface area (Å²) in [5.41, 5.74) is 0.641. The van der Waals surface area contributed by atoms with Crippen LogP contribution in [0.1, 0.15) is 36.0 Å². The highest BCUT2D eigenvalue weighted by molar-refractivity contribution is 7.99. The molecule has 2 N–H and O–H groups in total. The van der Waals surface area contributed by atoms with E-state index in [0.29, 0.717) is 10.8 Å². The quantitative estimate of drug-likeness (QED) is 0.896. The van der Waals surface area contributed by atoms with Crippen LogP contribution in [0.4, 0.5) is 10.1 Å². The SMILES string of the molecule is CNc1c(F)cccc1C(=O)NC1CCC(SC)CC1. The van der Waals surface area contributed by atoms with Crippen molar-refractivity contribution in [1.82, 2.24) is 5.32 Å². The molecule has 0 radical (unpaired) electrons. The highest BCUT2D eigenvalue weighted by Gasteiger charge is 2.23. The molecule has 1 amide bonds. The van der Waals surface area contributed by atoms with Gasteiger partial charge in [0.1, 0.15) is 5.82 Å². The number of carbonyl (C=O) groups excluding carboxylic acids is 1. The molecule has 1 aliphatic rings. The number of benzene rings is 1. The summed E-state index contributed by atoms with van der Waals surface area (Å²) in [6.07, 6.45) is 6.40. The molecule has 5 heteroatoms. The lowest BCUT2D eigenvalue weighted by molar-refractivity contribution is 0.0928. The van der Waals surface area contributed by atoms with E-state index in [0.717, 1.165) is 25.7 Å². The maximum absolute atomic E-state index is 13.6.